The predicted octanol–water partition coefficient (Wildman–Crippen LogP) is 3.97. The second-order valence-electron chi connectivity index (χ2n) is 6.81. The van der Waals surface area contributed by atoms with Crippen molar-refractivity contribution in [3.8, 4) is 0 Å². The van der Waals surface area contributed by atoms with E-state index in [-0.39, 0.29) is 13.2 Å². The van der Waals surface area contributed by atoms with Gasteiger partial charge in [-0.3, -0.25) is 9.79 Å². The summed E-state index contributed by atoms with van der Waals surface area (Å²) in [7, 11) is 3.74. The maximum atomic E-state index is 13.0. The van der Waals surface area contributed by atoms with Crippen LogP contribution in [0.25, 0.3) is 0 Å². The van der Waals surface area contributed by atoms with Gasteiger partial charge in [0.25, 0.3) is 0 Å². The Hall–Kier alpha value is -2.60. The Morgan fingerprint density at radius 3 is 2.48 bits per heavy atom. The second kappa shape index (κ2) is 10.3. The molecule has 2 atom stereocenters. The summed E-state index contributed by atoms with van der Waals surface area (Å²) in [6.07, 6.45) is 3.54. The number of carbonyl (C=O) groups is 2. The minimum absolute atomic E-state index is 0.210. The molecule has 0 bridgehead atoms. The van der Waals surface area contributed by atoms with E-state index in [1.807, 2.05) is 25.1 Å². The molecule has 29 heavy (non-hydrogen) atoms. The Labute approximate surface area is 176 Å². The topological polar surface area (TPSA) is 68.2 Å². The molecule has 0 N–H and O–H groups in total. The Balaban J connectivity index is 2.74. The number of allylic oxidation sites excluding steroid dienone is 1. The highest BCUT2D eigenvalue weighted by atomic mass is 35.5. The zero-order valence-corrected chi connectivity index (χ0v) is 18.2. The monoisotopic (exact) mass is 418 g/mol. The van der Waals surface area contributed by atoms with E-state index in [4.69, 9.17) is 21.1 Å². The van der Waals surface area contributed by atoms with E-state index in [1.165, 1.54) is 0 Å². The molecule has 2 rings (SSSR count). The number of esters is 2. The minimum atomic E-state index is -0.746. The molecule has 0 radical (unpaired) electrons. The van der Waals surface area contributed by atoms with Gasteiger partial charge in [-0.05, 0) is 44.5 Å². The Kier molecular flexibility index (Phi) is 8.02. The minimum Gasteiger partial charge on any atom is -0.465 e. The van der Waals surface area contributed by atoms with Crippen LogP contribution in [0.2, 0.25) is 5.02 Å². The third-order valence-corrected chi connectivity index (χ3v) is 4.68. The van der Waals surface area contributed by atoms with Crippen molar-refractivity contribution in [1.82, 2.24) is 4.90 Å². The highest BCUT2D eigenvalue weighted by molar-refractivity contribution is 6.30. The smallest absolute Gasteiger partial charge is 0.336 e. The van der Waals surface area contributed by atoms with Crippen LogP contribution in [0.3, 0.4) is 0 Å². The summed E-state index contributed by atoms with van der Waals surface area (Å²) in [5, 5.41) is 0.513. The van der Waals surface area contributed by atoms with E-state index >= 15 is 0 Å². The van der Waals surface area contributed by atoms with Gasteiger partial charge in [-0.1, -0.05) is 23.7 Å². The molecular formula is C22H27ClN2O4. The molecule has 2 unspecified atom stereocenters. The average Bonchev–Trinajstić information content (AvgIpc) is 2.65. The molecule has 1 heterocycles. The van der Waals surface area contributed by atoms with Gasteiger partial charge in [0.2, 0.25) is 0 Å². The first-order chi connectivity index (χ1) is 13.8. The highest BCUT2D eigenvalue weighted by Gasteiger charge is 2.42. The van der Waals surface area contributed by atoms with Crippen LogP contribution in [0.15, 0.2) is 52.8 Å². The van der Waals surface area contributed by atoms with Gasteiger partial charge in [-0.15, -0.1) is 0 Å². The summed E-state index contributed by atoms with van der Waals surface area (Å²) in [4.78, 5) is 32.2. The van der Waals surface area contributed by atoms with Crippen LogP contribution in [-0.4, -0.2) is 49.9 Å². The van der Waals surface area contributed by atoms with Crippen LogP contribution in [0.1, 0.15) is 32.3 Å². The van der Waals surface area contributed by atoms with Crippen molar-refractivity contribution >= 4 is 29.3 Å². The standard InChI is InChI=1S/C22H27ClN2O4/c1-6-28-21(26)18-14(3)24-17(11-12-25(4)5)20(22(27)29-7-2)19(18)15-9-8-10-16(23)13-15/h8-13,18-19H,6-7H2,1-5H3. The summed E-state index contributed by atoms with van der Waals surface area (Å²) in [5.41, 5.74) is 2.07. The van der Waals surface area contributed by atoms with Crippen LogP contribution >= 0.6 is 11.6 Å². The molecule has 1 aliphatic heterocycles. The highest BCUT2D eigenvalue weighted by Crippen LogP contribution is 2.41. The molecule has 7 heteroatoms. The number of carbonyl (C=O) groups excluding carboxylic acids is 2. The Morgan fingerprint density at radius 2 is 1.90 bits per heavy atom. The first-order valence-corrected chi connectivity index (χ1v) is 9.91. The lowest BCUT2D eigenvalue weighted by Gasteiger charge is -2.31. The molecule has 1 aromatic rings. The molecule has 0 saturated carbocycles. The summed E-state index contributed by atoms with van der Waals surface area (Å²) in [5.74, 6) is -2.31. The Bertz CT molecular complexity index is 858. The van der Waals surface area contributed by atoms with Crippen LogP contribution < -0.4 is 0 Å². The zero-order valence-electron chi connectivity index (χ0n) is 17.4. The summed E-state index contributed by atoms with van der Waals surface area (Å²) < 4.78 is 10.6. The normalized spacial score (nSPS) is 19.2. The quantitative estimate of drug-likeness (QED) is 0.627. The van der Waals surface area contributed by atoms with E-state index in [1.54, 1.807) is 51.2 Å². The number of ether oxygens (including phenoxy) is 2. The molecule has 0 aliphatic carbocycles. The molecule has 0 spiro atoms. The molecule has 0 amide bonds. The average molecular weight is 419 g/mol. The molecule has 6 nitrogen and oxygen atoms in total. The largest absolute Gasteiger partial charge is 0.465 e. The number of hydrogen-bond acceptors (Lipinski definition) is 6. The molecule has 0 fully saturated rings. The van der Waals surface area contributed by atoms with Crippen LogP contribution in [0.4, 0.5) is 0 Å². The maximum Gasteiger partial charge on any atom is 0.336 e. The van der Waals surface area contributed by atoms with Crippen LogP contribution in [0, 0.1) is 5.92 Å². The molecule has 0 aromatic heterocycles. The first-order valence-electron chi connectivity index (χ1n) is 9.53. The van der Waals surface area contributed by atoms with Crippen LogP contribution in [-0.2, 0) is 19.1 Å². The number of hydrogen-bond donors (Lipinski definition) is 0. The van der Waals surface area contributed by atoms with Gasteiger partial charge in [-0.25, -0.2) is 4.79 Å². The lowest BCUT2D eigenvalue weighted by Crippen LogP contribution is -2.36. The second-order valence-corrected chi connectivity index (χ2v) is 7.25. The fourth-order valence-electron chi connectivity index (χ4n) is 3.27. The van der Waals surface area contributed by atoms with Crippen LogP contribution in [0.5, 0.6) is 0 Å². The predicted molar refractivity (Wildman–Crippen MR) is 114 cm³/mol. The van der Waals surface area contributed by atoms with Crippen molar-refractivity contribution in [2.45, 2.75) is 26.7 Å². The van der Waals surface area contributed by atoms with Crippen molar-refractivity contribution in [3.05, 3.63) is 58.4 Å². The number of aliphatic imine (C=N–C) groups is 1. The van der Waals surface area contributed by atoms with E-state index in [0.29, 0.717) is 22.0 Å². The number of rotatable bonds is 7. The van der Waals surface area contributed by atoms with E-state index in [0.717, 1.165) is 5.56 Å². The number of benzene rings is 1. The van der Waals surface area contributed by atoms with Crippen molar-refractivity contribution in [2.75, 3.05) is 27.3 Å². The SMILES string of the molecule is CCOC(=O)C1=C(C=CN(C)C)N=C(C)C(C(=O)OCC)C1c1cccc(Cl)c1. The lowest BCUT2D eigenvalue weighted by molar-refractivity contribution is -0.146. The molecular weight excluding hydrogens is 392 g/mol. The van der Waals surface area contributed by atoms with Gasteiger partial charge in [0.15, 0.2) is 0 Å². The van der Waals surface area contributed by atoms with Gasteiger partial charge in [0.05, 0.1) is 24.5 Å². The van der Waals surface area contributed by atoms with E-state index in [2.05, 4.69) is 4.99 Å². The van der Waals surface area contributed by atoms with Gasteiger partial charge in [-0.2, -0.15) is 0 Å². The molecule has 1 aromatic carbocycles. The first kappa shape index (κ1) is 22.7. The van der Waals surface area contributed by atoms with Crippen molar-refractivity contribution in [3.63, 3.8) is 0 Å². The zero-order chi connectivity index (χ0) is 21.6. The van der Waals surface area contributed by atoms with E-state index in [9.17, 15) is 9.59 Å². The summed E-state index contributed by atoms with van der Waals surface area (Å²) in [6, 6.07) is 7.13. The third-order valence-electron chi connectivity index (χ3n) is 4.44. The van der Waals surface area contributed by atoms with Gasteiger partial charge in [0, 0.05) is 36.9 Å². The van der Waals surface area contributed by atoms with Crippen molar-refractivity contribution in [2.24, 2.45) is 10.9 Å². The summed E-state index contributed by atoms with van der Waals surface area (Å²) >= 11 is 6.22. The van der Waals surface area contributed by atoms with E-state index < -0.39 is 23.8 Å². The fourth-order valence-corrected chi connectivity index (χ4v) is 3.47. The third kappa shape index (κ3) is 5.48. The fraction of sp³-hybridized carbons (Fsp3) is 0.409. The maximum absolute atomic E-state index is 13.0. The number of halogens is 1. The van der Waals surface area contributed by atoms with Crippen molar-refractivity contribution < 1.29 is 19.1 Å². The Morgan fingerprint density at radius 1 is 1.21 bits per heavy atom. The molecule has 0 saturated heterocycles. The van der Waals surface area contributed by atoms with Gasteiger partial charge in [0.1, 0.15) is 5.92 Å². The lowest BCUT2D eigenvalue weighted by atomic mass is 9.75. The van der Waals surface area contributed by atoms with Crippen molar-refractivity contribution in [1.29, 1.82) is 0 Å². The van der Waals surface area contributed by atoms with Gasteiger partial charge < -0.3 is 14.4 Å². The molecule has 1 aliphatic rings. The number of nitrogens with zero attached hydrogens (tertiary/aromatic N) is 2. The summed E-state index contributed by atoms with van der Waals surface area (Å²) in [6.45, 7) is 5.70. The molecule has 156 valence electrons. The van der Waals surface area contributed by atoms with Gasteiger partial charge >= 0.3 is 11.9 Å².